The SMILES string of the molecule is CCN(C(=O)CSc1nncn1-c1ccccc1OC)C1CCCCC1. The van der Waals surface area contributed by atoms with E-state index in [4.69, 9.17) is 4.74 Å². The monoisotopic (exact) mass is 374 g/mol. The highest BCUT2D eigenvalue weighted by atomic mass is 32.2. The number of hydrogen-bond acceptors (Lipinski definition) is 5. The predicted molar refractivity (Wildman–Crippen MR) is 103 cm³/mol. The van der Waals surface area contributed by atoms with Gasteiger partial charge in [-0.3, -0.25) is 9.36 Å². The summed E-state index contributed by atoms with van der Waals surface area (Å²) in [4.78, 5) is 14.8. The molecule has 7 heteroatoms. The van der Waals surface area contributed by atoms with Gasteiger partial charge in [0.05, 0.1) is 18.6 Å². The van der Waals surface area contributed by atoms with E-state index in [1.165, 1.54) is 31.0 Å². The van der Waals surface area contributed by atoms with Crippen molar-refractivity contribution >= 4 is 17.7 Å². The summed E-state index contributed by atoms with van der Waals surface area (Å²) in [5, 5.41) is 8.90. The van der Waals surface area contributed by atoms with Crippen molar-refractivity contribution in [1.29, 1.82) is 0 Å². The van der Waals surface area contributed by atoms with Gasteiger partial charge < -0.3 is 9.64 Å². The molecule has 1 aromatic heterocycles. The zero-order valence-electron chi connectivity index (χ0n) is 15.4. The number of para-hydroxylation sites is 2. The third-order valence-electron chi connectivity index (χ3n) is 4.86. The highest BCUT2D eigenvalue weighted by molar-refractivity contribution is 7.99. The van der Waals surface area contributed by atoms with Crippen molar-refractivity contribution in [1.82, 2.24) is 19.7 Å². The van der Waals surface area contributed by atoms with Gasteiger partial charge in [-0.25, -0.2) is 0 Å². The number of carbonyl (C=O) groups is 1. The summed E-state index contributed by atoms with van der Waals surface area (Å²) in [5.74, 6) is 1.30. The maximum atomic E-state index is 12.8. The molecule has 0 N–H and O–H groups in total. The molecule has 140 valence electrons. The number of hydrogen-bond donors (Lipinski definition) is 0. The van der Waals surface area contributed by atoms with Crippen molar-refractivity contribution in [2.75, 3.05) is 19.4 Å². The minimum atomic E-state index is 0.180. The van der Waals surface area contributed by atoms with Crippen molar-refractivity contribution in [2.45, 2.75) is 50.2 Å². The molecule has 0 unspecified atom stereocenters. The Hall–Kier alpha value is -2.02. The molecule has 1 heterocycles. The first-order valence-corrected chi connectivity index (χ1v) is 10.2. The van der Waals surface area contributed by atoms with Gasteiger partial charge in [-0.1, -0.05) is 43.2 Å². The Morgan fingerprint density at radius 2 is 2.08 bits per heavy atom. The first kappa shape index (κ1) is 18.8. The largest absolute Gasteiger partial charge is 0.495 e. The second-order valence-electron chi connectivity index (χ2n) is 6.42. The molecule has 0 spiro atoms. The van der Waals surface area contributed by atoms with E-state index >= 15 is 0 Å². The Balaban J connectivity index is 1.68. The highest BCUT2D eigenvalue weighted by Gasteiger charge is 2.24. The second-order valence-corrected chi connectivity index (χ2v) is 7.36. The van der Waals surface area contributed by atoms with Crippen LogP contribution in [-0.2, 0) is 4.79 Å². The number of benzene rings is 1. The van der Waals surface area contributed by atoms with Crippen LogP contribution in [0.3, 0.4) is 0 Å². The summed E-state index contributed by atoms with van der Waals surface area (Å²) >= 11 is 1.43. The van der Waals surface area contributed by atoms with E-state index in [9.17, 15) is 4.79 Å². The molecule has 1 saturated carbocycles. The van der Waals surface area contributed by atoms with Gasteiger partial charge in [0, 0.05) is 12.6 Å². The van der Waals surface area contributed by atoms with Gasteiger partial charge >= 0.3 is 0 Å². The molecule has 0 saturated heterocycles. The number of carbonyl (C=O) groups excluding carboxylic acids is 1. The summed E-state index contributed by atoms with van der Waals surface area (Å²) in [7, 11) is 1.64. The fraction of sp³-hybridized carbons (Fsp3) is 0.526. The summed E-state index contributed by atoms with van der Waals surface area (Å²) in [5.41, 5.74) is 0.870. The summed E-state index contributed by atoms with van der Waals surface area (Å²) in [6.45, 7) is 2.83. The van der Waals surface area contributed by atoms with Crippen molar-refractivity contribution in [3.8, 4) is 11.4 Å². The van der Waals surface area contributed by atoms with Gasteiger partial charge in [-0.05, 0) is 31.9 Å². The third kappa shape index (κ3) is 4.20. The summed E-state index contributed by atoms with van der Waals surface area (Å²) in [6.07, 6.45) is 7.65. The van der Waals surface area contributed by atoms with E-state index in [-0.39, 0.29) is 5.91 Å². The number of rotatable bonds is 7. The molecule has 3 rings (SSSR count). The van der Waals surface area contributed by atoms with Gasteiger partial charge in [0.15, 0.2) is 5.16 Å². The number of ether oxygens (including phenoxy) is 1. The first-order valence-electron chi connectivity index (χ1n) is 9.20. The molecular formula is C19H26N4O2S. The number of amides is 1. The van der Waals surface area contributed by atoms with Gasteiger partial charge in [-0.2, -0.15) is 0 Å². The van der Waals surface area contributed by atoms with Crippen LogP contribution in [0.25, 0.3) is 5.69 Å². The van der Waals surface area contributed by atoms with Crippen LogP contribution in [-0.4, -0.2) is 51.0 Å². The Morgan fingerprint density at radius 3 is 2.81 bits per heavy atom. The van der Waals surface area contributed by atoms with Gasteiger partial charge in [0.1, 0.15) is 12.1 Å². The number of methoxy groups -OCH3 is 1. The average molecular weight is 375 g/mol. The molecule has 0 bridgehead atoms. The molecule has 1 fully saturated rings. The molecular weight excluding hydrogens is 348 g/mol. The van der Waals surface area contributed by atoms with Crippen LogP contribution in [0.4, 0.5) is 0 Å². The van der Waals surface area contributed by atoms with Crippen LogP contribution in [0.15, 0.2) is 35.7 Å². The lowest BCUT2D eigenvalue weighted by atomic mass is 9.94. The third-order valence-corrected chi connectivity index (χ3v) is 5.79. The number of aromatic nitrogens is 3. The second kappa shape index (κ2) is 9.07. The smallest absolute Gasteiger partial charge is 0.233 e. The van der Waals surface area contributed by atoms with E-state index in [1.54, 1.807) is 13.4 Å². The molecule has 2 aromatic rings. The van der Waals surface area contributed by atoms with E-state index in [0.29, 0.717) is 17.0 Å². The lowest BCUT2D eigenvalue weighted by Gasteiger charge is -2.33. The fourth-order valence-corrected chi connectivity index (χ4v) is 4.36. The lowest BCUT2D eigenvalue weighted by molar-refractivity contribution is -0.131. The molecule has 1 aromatic carbocycles. The Bertz CT molecular complexity index is 728. The predicted octanol–water partition coefficient (Wildman–Crippen LogP) is 3.55. The van der Waals surface area contributed by atoms with E-state index in [2.05, 4.69) is 17.1 Å². The molecule has 0 atom stereocenters. The lowest BCUT2D eigenvalue weighted by Crippen LogP contribution is -2.42. The Morgan fingerprint density at radius 1 is 1.31 bits per heavy atom. The maximum absolute atomic E-state index is 12.8. The Kier molecular flexibility index (Phi) is 6.55. The maximum Gasteiger partial charge on any atom is 0.233 e. The molecule has 0 radical (unpaired) electrons. The Labute approximate surface area is 158 Å². The van der Waals surface area contributed by atoms with Crippen molar-refractivity contribution in [3.63, 3.8) is 0 Å². The zero-order chi connectivity index (χ0) is 18.4. The standard InChI is InChI=1S/C19H26N4O2S/c1-3-22(15-9-5-4-6-10-15)18(24)13-26-19-21-20-14-23(19)16-11-7-8-12-17(16)25-2/h7-8,11-12,14-15H,3-6,9-10,13H2,1-2H3. The van der Waals surface area contributed by atoms with Gasteiger partial charge in [-0.15, -0.1) is 10.2 Å². The fourth-order valence-electron chi connectivity index (χ4n) is 3.56. The van der Waals surface area contributed by atoms with Crippen molar-refractivity contribution < 1.29 is 9.53 Å². The first-order chi connectivity index (χ1) is 12.7. The molecule has 6 nitrogen and oxygen atoms in total. The van der Waals surface area contributed by atoms with Crippen molar-refractivity contribution in [2.24, 2.45) is 0 Å². The van der Waals surface area contributed by atoms with Gasteiger partial charge in [0.2, 0.25) is 5.91 Å². The number of thioether (sulfide) groups is 1. The summed E-state index contributed by atoms with van der Waals surface area (Å²) < 4.78 is 7.29. The molecule has 0 aliphatic heterocycles. The highest BCUT2D eigenvalue weighted by Crippen LogP contribution is 2.28. The zero-order valence-corrected chi connectivity index (χ0v) is 16.2. The van der Waals surface area contributed by atoms with E-state index in [0.717, 1.165) is 30.8 Å². The van der Waals surface area contributed by atoms with Crippen molar-refractivity contribution in [3.05, 3.63) is 30.6 Å². The van der Waals surface area contributed by atoms with Crippen LogP contribution in [0, 0.1) is 0 Å². The van der Waals surface area contributed by atoms with Crippen LogP contribution in [0.2, 0.25) is 0 Å². The molecule has 1 aliphatic rings. The molecule has 26 heavy (non-hydrogen) atoms. The average Bonchev–Trinajstić information content (AvgIpc) is 3.16. The topological polar surface area (TPSA) is 60.2 Å². The normalized spacial score (nSPS) is 15.0. The molecule has 1 aliphatic carbocycles. The van der Waals surface area contributed by atoms with Crippen LogP contribution >= 0.6 is 11.8 Å². The van der Waals surface area contributed by atoms with E-state index < -0.39 is 0 Å². The molecule has 1 amide bonds. The number of nitrogens with zero attached hydrogens (tertiary/aromatic N) is 4. The van der Waals surface area contributed by atoms with Crippen LogP contribution in [0.1, 0.15) is 39.0 Å². The minimum absolute atomic E-state index is 0.180. The van der Waals surface area contributed by atoms with Gasteiger partial charge in [0.25, 0.3) is 0 Å². The van der Waals surface area contributed by atoms with Crippen LogP contribution in [0.5, 0.6) is 5.75 Å². The van der Waals surface area contributed by atoms with E-state index in [1.807, 2.05) is 33.7 Å². The van der Waals surface area contributed by atoms with Crippen LogP contribution < -0.4 is 4.74 Å². The quantitative estimate of drug-likeness (QED) is 0.694. The summed E-state index contributed by atoms with van der Waals surface area (Å²) in [6, 6.07) is 8.12. The minimum Gasteiger partial charge on any atom is -0.495 e.